The van der Waals surface area contributed by atoms with Crippen molar-refractivity contribution >= 4 is 28.5 Å². The summed E-state index contributed by atoms with van der Waals surface area (Å²) in [5.74, 6) is 0. The van der Waals surface area contributed by atoms with Gasteiger partial charge >= 0.3 is 0 Å². The molecule has 0 aromatic heterocycles. The zero-order valence-corrected chi connectivity index (χ0v) is 12.2. The van der Waals surface area contributed by atoms with E-state index >= 15 is 0 Å². The van der Waals surface area contributed by atoms with Gasteiger partial charge in [-0.2, -0.15) is 0 Å². The zero-order chi connectivity index (χ0) is 12.5. The van der Waals surface area contributed by atoms with Crippen molar-refractivity contribution in [3.05, 3.63) is 59.7 Å². The predicted molar refractivity (Wildman–Crippen MR) is 81.8 cm³/mol. The van der Waals surface area contributed by atoms with Crippen LogP contribution in [0.5, 0.6) is 0 Å². The molecular weight excluding hydrogens is 243 g/mol. The van der Waals surface area contributed by atoms with Crippen LogP contribution in [0.4, 0.5) is 0 Å². The highest BCUT2D eigenvalue weighted by Crippen LogP contribution is 2.41. The Balaban J connectivity index is 2.63. The molecule has 0 unspecified atom stereocenters. The summed E-state index contributed by atoms with van der Waals surface area (Å²) in [4.78, 5) is 0. The minimum Gasteiger partial charge on any atom is -0.0879 e. The van der Waals surface area contributed by atoms with Crippen LogP contribution < -0.4 is 10.6 Å². The van der Waals surface area contributed by atoms with Gasteiger partial charge in [-0.15, -0.1) is 0 Å². The first-order valence-corrected chi connectivity index (χ1v) is 8.98. The Bertz CT molecular complexity index is 537. The van der Waals surface area contributed by atoms with E-state index in [0.29, 0.717) is 0 Å². The maximum Gasteiger partial charge on any atom is 0.00813 e. The minimum atomic E-state index is -1.64. The lowest BCUT2D eigenvalue weighted by Crippen LogP contribution is -2.19. The molecule has 0 amide bonds. The molecular formula is C15H17PS. The van der Waals surface area contributed by atoms with E-state index in [9.17, 15) is 0 Å². The molecule has 0 saturated heterocycles. The van der Waals surface area contributed by atoms with E-state index in [1.807, 2.05) is 0 Å². The SMILES string of the molecule is Cc1ccccc1P(C)(=S)c1ccccc1C. The molecule has 0 aliphatic rings. The van der Waals surface area contributed by atoms with Gasteiger partial charge in [0, 0.05) is 6.04 Å². The second-order valence-corrected chi connectivity index (χ2v) is 9.50. The van der Waals surface area contributed by atoms with Crippen LogP contribution in [0, 0.1) is 13.8 Å². The molecule has 0 aliphatic heterocycles. The van der Waals surface area contributed by atoms with Gasteiger partial charge in [-0.05, 0) is 42.2 Å². The molecule has 0 heterocycles. The maximum atomic E-state index is 5.96. The zero-order valence-electron chi connectivity index (χ0n) is 10.5. The van der Waals surface area contributed by atoms with E-state index in [0.717, 1.165) is 0 Å². The largest absolute Gasteiger partial charge is 0.0879 e. The van der Waals surface area contributed by atoms with Gasteiger partial charge in [-0.25, -0.2) is 0 Å². The summed E-state index contributed by atoms with van der Waals surface area (Å²) in [6.45, 7) is 6.53. The van der Waals surface area contributed by atoms with Crippen LogP contribution >= 0.6 is 6.04 Å². The lowest BCUT2D eigenvalue weighted by molar-refractivity contribution is 1.50. The average Bonchev–Trinajstić information content (AvgIpc) is 2.29. The predicted octanol–water partition coefficient (Wildman–Crippen LogP) is 3.36. The van der Waals surface area contributed by atoms with E-state index in [2.05, 4.69) is 69.0 Å². The van der Waals surface area contributed by atoms with Gasteiger partial charge in [0.15, 0.2) is 0 Å². The molecule has 0 spiro atoms. The van der Waals surface area contributed by atoms with Crippen molar-refractivity contribution in [1.29, 1.82) is 0 Å². The summed E-state index contributed by atoms with van der Waals surface area (Å²) < 4.78 is 0. The molecule has 0 bridgehead atoms. The summed E-state index contributed by atoms with van der Waals surface area (Å²) in [5.41, 5.74) is 2.61. The second-order valence-electron chi connectivity index (χ2n) is 4.50. The first kappa shape index (κ1) is 12.5. The highest BCUT2D eigenvalue weighted by Gasteiger charge is 2.19. The van der Waals surface area contributed by atoms with Crippen LogP contribution in [0.1, 0.15) is 11.1 Å². The summed E-state index contributed by atoms with van der Waals surface area (Å²) >= 11 is 5.96. The molecule has 0 radical (unpaired) electrons. The fraction of sp³-hybridized carbons (Fsp3) is 0.200. The molecule has 2 aromatic carbocycles. The molecule has 2 heteroatoms. The Kier molecular flexibility index (Phi) is 3.51. The summed E-state index contributed by atoms with van der Waals surface area (Å²) in [6, 6.07) is 15.4. The van der Waals surface area contributed by atoms with Gasteiger partial charge in [0.25, 0.3) is 0 Å². The number of rotatable bonds is 2. The molecule has 0 N–H and O–H groups in total. The molecule has 2 rings (SSSR count). The van der Waals surface area contributed by atoms with Crippen molar-refractivity contribution in [2.75, 3.05) is 6.66 Å². The smallest absolute Gasteiger partial charge is 0.00813 e. The van der Waals surface area contributed by atoms with Crippen molar-refractivity contribution in [2.45, 2.75) is 13.8 Å². The van der Waals surface area contributed by atoms with E-state index in [4.69, 9.17) is 11.8 Å². The highest BCUT2D eigenvalue weighted by molar-refractivity contribution is 8.21. The lowest BCUT2D eigenvalue weighted by Gasteiger charge is -2.21. The van der Waals surface area contributed by atoms with Crippen molar-refractivity contribution in [1.82, 2.24) is 0 Å². The summed E-state index contributed by atoms with van der Waals surface area (Å²) in [6.07, 6.45) is 0. The third-order valence-electron chi connectivity index (χ3n) is 3.15. The Morgan fingerprint density at radius 2 is 1.12 bits per heavy atom. The molecule has 0 saturated carbocycles. The van der Waals surface area contributed by atoms with E-state index in [1.165, 1.54) is 21.7 Å². The standard InChI is InChI=1S/C15H17PS/c1-12-8-4-6-10-14(12)16(3,17)15-11-7-5-9-13(15)2/h4-11H,1-3H3. The topological polar surface area (TPSA) is 0 Å². The van der Waals surface area contributed by atoms with Crippen molar-refractivity contribution in [2.24, 2.45) is 0 Å². The number of aryl methyl sites for hydroxylation is 2. The van der Waals surface area contributed by atoms with Crippen LogP contribution in [0.2, 0.25) is 0 Å². The molecule has 0 aliphatic carbocycles. The second kappa shape index (κ2) is 4.76. The quantitative estimate of drug-likeness (QED) is 0.746. The van der Waals surface area contributed by atoms with Gasteiger partial charge in [0.1, 0.15) is 0 Å². The van der Waals surface area contributed by atoms with Crippen LogP contribution in [0.3, 0.4) is 0 Å². The number of hydrogen-bond acceptors (Lipinski definition) is 1. The highest BCUT2D eigenvalue weighted by atomic mass is 32.4. The molecule has 2 aromatic rings. The summed E-state index contributed by atoms with van der Waals surface area (Å²) in [5, 5.41) is 2.67. The number of hydrogen-bond donors (Lipinski definition) is 0. The maximum absolute atomic E-state index is 5.96. The average molecular weight is 260 g/mol. The fourth-order valence-corrected chi connectivity index (χ4v) is 5.94. The molecule has 0 fully saturated rings. The molecule has 17 heavy (non-hydrogen) atoms. The van der Waals surface area contributed by atoms with Gasteiger partial charge in [0.05, 0.1) is 0 Å². The van der Waals surface area contributed by atoms with E-state index < -0.39 is 6.04 Å². The first-order valence-electron chi connectivity index (χ1n) is 5.73. The van der Waals surface area contributed by atoms with Gasteiger partial charge in [-0.1, -0.05) is 60.3 Å². The fourth-order valence-electron chi connectivity index (χ4n) is 2.21. The normalized spacial score (nSPS) is 11.5. The van der Waals surface area contributed by atoms with Gasteiger partial charge < -0.3 is 0 Å². The van der Waals surface area contributed by atoms with E-state index in [1.54, 1.807) is 0 Å². The molecule has 88 valence electrons. The monoisotopic (exact) mass is 260 g/mol. The van der Waals surface area contributed by atoms with Crippen LogP contribution in [-0.4, -0.2) is 6.66 Å². The molecule has 0 atom stereocenters. The van der Waals surface area contributed by atoms with Crippen molar-refractivity contribution < 1.29 is 0 Å². The summed E-state index contributed by atoms with van der Waals surface area (Å²) in [7, 11) is 0. The van der Waals surface area contributed by atoms with Gasteiger partial charge in [-0.3, -0.25) is 0 Å². The third-order valence-corrected chi connectivity index (χ3v) is 7.17. The van der Waals surface area contributed by atoms with Crippen molar-refractivity contribution in [3.63, 3.8) is 0 Å². The molecule has 0 nitrogen and oxygen atoms in total. The Morgan fingerprint density at radius 1 is 0.765 bits per heavy atom. The number of benzene rings is 2. The van der Waals surface area contributed by atoms with E-state index in [-0.39, 0.29) is 0 Å². The Hall–Kier alpha value is -0.910. The van der Waals surface area contributed by atoms with Crippen molar-refractivity contribution in [3.8, 4) is 0 Å². The lowest BCUT2D eigenvalue weighted by atomic mass is 10.2. The first-order chi connectivity index (χ1) is 8.03. The minimum absolute atomic E-state index is 1.31. The van der Waals surface area contributed by atoms with Crippen LogP contribution in [-0.2, 0) is 11.8 Å². The van der Waals surface area contributed by atoms with Gasteiger partial charge in [0.2, 0.25) is 0 Å². The van der Waals surface area contributed by atoms with Crippen LogP contribution in [0.25, 0.3) is 0 Å². The Labute approximate surface area is 109 Å². The van der Waals surface area contributed by atoms with Crippen LogP contribution in [0.15, 0.2) is 48.5 Å². The third kappa shape index (κ3) is 2.36. The Morgan fingerprint density at radius 3 is 1.47 bits per heavy atom.